The Morgan fingerprint density at radius 3 is 2.38 bits per heavy atom. The van der Waals surface area contributed by atoms with E-state index in [0.717, 1.165) is 18.9 Å². The first-order chi connectivity index (χ1) is 5.93. The molecule has 13 heavy (non-hydrogen) atoms. The van der Waals surface area contributed by atoms with Gasteiger partial charge < -0.3 is 9.84 Å². The summed E-state index contributed by atoms with van der Waals surface area (Å²) < 4.78 is 40.2. The van der Waals surface area contributed by atoms with Crippen molar-refractivity contribution in [3.63, 3.8) is 0 Å². The first-order valence-electron chi connectivity index (χ1n) is 3.12. The van der Waals surface area contributed by atoms with E-state index in [1.807, 2.05) is 0 Å². The second kappa shape index (κ2) is 5.66. The van der Waals surface area contributed by atoms with Gasteiger partial charge in [-0.2, -0.15) is 13.2 Å². The molecular weight excluding hydrogens is 211 g/mol. The number of halogens is 3. The Kier molecular flexibility index (Phi) is 5.65. The van der Waals surface area contributed by atoms with Crippen LogP contribution in [0.15, 0.2) is 0 Å². The van der Waals surface area contributed by atoms with Gasteiger partial charge in [0.2, 0.25) is 6.41 Å². The third-order valence-electron chi connectivity index (χ3n) is 0.971. The molecule has 0 aromatic heterocycles. The maximum Gasteiger partial charge on any atom is 0.487 e. The number of rotatable bonds is 5. The van der Waals surface area contributed by atoms with Crippen LogP contribution in [0.4, 0.5) is 13.2 Å². The van der Waals surface area contributed by atoms with Gasteiger partial charge in [-0.25, -0.2) is 0 Å². The Bertz CT molecular complexity index is 145. The predicted molar refractivity (Wildman–Crippen MR) is 40.4 cm³/mol. The van der Waals surface area contributed by atoms with Crippen molar-refractivity contribution in [1.82, 2.24) is 5.06 Å². The average Bonchev–Trinajstić information content (AvgIpc) is 2.02. The lowest BCUT2D eigenvalue weighted by molar-refractivity contribution is -0.441. The summed E-state index contributed by atoms with van der Waals surface area (Å²) in [5.41, 5.74) is 0. The van der Waals surface area contributed by atoms with E-state index >= 15 is 0 Å². The van der Waals surface area contributed by atoms with Gasteiger partial charge in [-0.1, -0.05) is 0 Å². The number of aliphatic hydroxyl groups excluding tert-OH is 1. The van der Waals surface area contributed by atoms with Gasteiger partial charge in [-0.3, -0.25) is 4.84 Å². The van der Waals surface area contributed by atoms with Crippen molar-refractivity contribution in [2.24, 2.45) is 0 Å². The van der Waals surface area contributed by atoms with Gasteiger partial charge >= 0.3 is 6.30 Å². The van der Waals surface area contributed by atoms with Crippen LogP contribution in [-0.4, -0.2) is 42.2 Å². The maximum atomic E-state index is 12.0. The van der Waals surface area contributed by atoms with Gasteiger partial charge in [-0.05, 0) is 11.3 Å². The number of hydrogen-bond acceptors (Lipinski definition) is 5. The van der Waals surface area contributed by atoms with Gasteiger partial charge in [0.05, 0.1) is 0 Å². The lowest BCUT2D eigenvalue weighted by Crippen LogP contribution is -2.46. The van der Waals surface area contributed by atoms with Crippen molar-refractivity contribution in [2.75, 3.05) is 19.3 Å². The molecule has 0 aliphatic carbocycles. The van der Waals surface area contributed by atoms with Crippen LogP contribution in [0.5, 0.6) is 0 Å². The van der Waals surface area contributed by atoms with Crippen LogP contribution in [-0.2, 0) is 9.57 Å². The number of methoxy groups -OCH3 is 1. The second-order valence-corrected chi connectivity index (χ2v) is 2.70. The summed E-state index contributed by atoms with van der Waals surface area (Å²) in [4.78, 5) is 4.20. The van der Waals surface area contributed by atoms with Gasteiger partial charge in [0, 0.05) is 7.11 Å². The molecule has 0 heterocycles. The molecule has 0 saturated carbocycles. The molecule has 80 valence electrons. The number of hydrogen-bond donors (Lipinski definition) is 1. The first kappa shape index (κ1) is 13.0. The summed E-state index contributed by atoms with van der Waals surface area (Å²) >= 11 is 1.04. The Morgan fingerprint density at radius 2 is 2.08 bits per heavy atom. The van der Waals surface area contributed by atoms with Crippen LogP contribution in [0, 0.1) is 0 Å². The topological polar surface area (TPSA) is 41.9 Å². The largest absolute Gasteiger partial charge is 0.487 e. The fraction of sp³-hybridized carbons (Fsp3) is 1.00. The highest BCUT2D eigenvalue weighted by Gasteiger charge is 2.43. The molecule has 0 aliphatic rings. The molecule has 0 rings (SSSR count). The number of ether oxygens (including phenoxy) is 1. The lowest BCUT2D eigenvalue weighted by atomic mass is 10.9. The van der Waals surface area contributed by atoms with Crippen molar-refractivity contribution in [1.29, 1.82) is 0 Å². The normalized spacial score (nSPS) is 15.0. The SMILES string of the molecule is COC(O)N(OCSC)C(F)(F)F. The van der Waals surface area contributed by atoms with Crippen molar-refractivity contribution >= 4 is 11.8 Å². The number of nitrogens with zero attached hydrogens (tertiary/aromatic N) is 1. The van der Waals surface area contributed by atoms with E-state index in [1.54, 1.807) is 6.26 Å². The van der Waals surface area contributed by atoms with Crippen molar-refractivity contribution < 1.29 is 27.9 Å². The second-order valence-electron chi connectivity index (χ2n) is 1.89. The molecule has 0 bridgehead atoms. The quantitative estimate of drug-likeness (QED) is 0.426. The summed E-state index contributed by atoms with van der Waals surface area (Å²) in [5.74, 6) is -0.222. The summed E-state index contributed by atoms with van der Waals surface area (Å²) in [7, 11) is 0.936. The van der Waals surface area contributed by atoms with E-state index in [9.17, 15) is 13.2 Å². The Morgan fingerprint density at radius 1 is 1.54 bits per heavy atom. The molecule has 1 N–H and O–H groups in total. The minimum Gasteiger partial charge on any atom is -0.354 e. The van der Waals surface area contributed by atoms with E-state index in [4.69, 9.17) is 5.11 Å². The molecule has 0 aliphatic heterocycles. The smallest absolute Gasteiger partial charge is 0.354 e. The van der Waals surface area contributed by atoms with Crippen LogP contribution < -0.4 is 0 Å². The van der Waals surface area contributed by atoms with E-state index in [2.05, 4.69) is 9.57 Å². The first-order valence-corrected chi connectivity index (χ1v) is 4.51. The van der Waals surface area contributed by atoms with E-state index < -0.39 is 17.8 Å². The predicted octanol–water partition coefficient (Wildman–Crippen LogP) is 0.983. The van der Waals surface area contributed by atoms with Gasteiger partial charge in [0.1, 0.15) is 5.94 Å². The average molecular weight is 221 g/mol. The van der Waals surface area contributed by atoms with Gasteiger partial charge in [0.15, 0.2) is 0 Å². The molecule has 0 aromatic carbocycles. The fourth-order valence-electron chi connectivity index (χ4n) is 0.467. The minimum atomic E-state index is -4.79. The maximum absolute atomic E-state index is 12.0. The van der Waals surface area contributed by atoms with Gasteiger partial charge in [-0.15, -0.1) is 11.8 Å². The van der Waals surface area contributed by atoms with Crippen LogP contribution >= 0.6 is 11.8 Å². The Hall–Kier alpha value is -0.0200. The molecule has 0 saturated heterocycles. The molecule has 0 radical (unpaired) electrons. The van der Waals surface area contributed by atoms with E-state index in [1.165, 1.54) is 0 Å². The third-order valence-corrected chi connectivity index (χ3v) is 1.31. The zero-order chi connectivity index (χ0) is 10.5. The molecule has 8 heteroatoms. The summed E-state index contributed by atoms with van der Waals surface area (Å²) in [6.07, 6.45) is -5.37. The number of hydroxylamine groups is 2. The molecule has 4 nitrogen and oxygen atoms in total. The highest BCUT2D eigenvalue weighted by molar-refractivity contribution is 7.98. The number of alkyl halides is 3. The molecule has 0 fully saturated rings. The monoisotopic (exact) mass is 221 g/mol. The number of thioether (sulfide) groups is 1. The van der Waals surface area contributed by atoms with Crippen LogP contribution in [0.2, 0.25) is 0 Å². The van der Waals surface area contributed by atoms with E-state index in [-0.39, 0.29) is 5.94 Å². The summed E-state index contributed by atoms with van der Waals surface area (Å²) in [6.45, 7) is 0. The lowest BCUT2D eigenvalue weighted by Gasteiger charge is -2.26. The standard InChI is InChI=1S/C5H10F3NO3S/c1-11-4(10)9(5(6,7)8)12-3-13-2/h4,10H,3H2,1-2H3. The Balaban J connectivity index is 4.19. The third kappa shape index (κ3) is 4.67. The van der Waals surface area contributed by atoms with Crippen molar-refractivity contribution in [3.8, 4) is 0 Å². The summed E-state index contributed by atoms with van der Waals surface area (Å²) in [6, 6.07) is 0. The highest BCUT2D eigenvalue weighted by atomic mass is 32.2. The molecule has 1 atom stereocenters. The van der Waals surface area contributed by atoms with Crippen molar-refractivity contribution in [3.05, 3.63) is 0 Å². The van der Waals surface area contributed by atoms with Crippen molar-refractivity contribution in [2.45, 2.75) is 12.7 Å². The fourth-order valence-corrected chi connectivity index (χ4v) is 0.686. The highest BCUT2D eigenvalue weighted by Crippen LogP contribution is 2.24. The van der Waals surface area contributed by atoms with Crippen LogP contribution in [0.25, 0.3) is 0 Å². The van der Waals surface area contributed by atoms with Gasteiger partial charge in [0.25, 0.3) is 0 Å². The molecular formula is C5H10F3NO3S. The molecule has 1 unspecified atom stereocenters. The number of aliphatic hydroxyl groups is 1. The minimum absolute atomic E-state index is 0.222. The van der Waals surface area contributed by atoms with Crippen LogP contribution in [0.1, 0.15) is 0 Å². The summed E-state index contributed by atoms with van der Waals surface area (Å²) in [5, 5.41) is 8.16. The zero-order valence-electron chi connectivity index (χ0n) is 7.04. The van der Waals surface area contributed by atoms with E-state index in [0.29, 0.717) is 0 Å². The molecule has 0 aromatic rings. The molecule has 0 amide bonds. The molecule has 0 spiro atoms. The Labute approximate surface area is 77.6 Å². The van der Waals surface area contributed by atoms with Crippen LogP contribution in [0.3, 0.4) is 0 Å². The zero-order valence-corrected chi connectivity index (χ0v) is 7.85.